The summed E-state index contributed by atoms with van der Waals surface area (Å²) in [4.78, 5) is 29.2. The molecule has 0 saturated carbocycles. The Morgan fingerprint density at radius 1 is 1.35 bits per heavy atom. The van der Waals surface area contributed by atoms with E-state index in [1.54, 1.807) is 20.1 Å². The summed E-state index contributed by atoms with van der Waals surface area (Å²) < 4.78 is 32.8. The minimum absolute atomic E-state index is 0.0712. The average molecular weight is 345 g/mol. The highest BCUT2D eigenvalue weighted by Crippen LogP contribution is 2.31. The van der Waals surface area contributed by atoms with Crippen LogP contribution in [-0.2, 0) is 4.74 Å². The summed E-state index contributed by atoms with van der Waals surface area (Å²) >= 11 is 1.07. The van der Waals surface area contributed by atoms with Crippen molar-refractivity contribution < 1.29 is 13.5 Å². The predicted molar refractivity (Wildman–Crippen MR) is 86.7 cm³/mol. The van der Waals surface area contributed by atoms with Gasteiger partial charge in [0.2, 0.25) is 0 Å². The van der Waals surface area contributed by atoms with Crippen LogP contribution < -0.4 is 16.1 Å². The molecule has 0 spiro atoms. The third kappa shape index (κ3) is 3.40. The Bertz CT molecular complexity index is 819. The van der Waals surface area contributed by atoms with E-state index in [4.69, 9.17) is 4.74 Å². The number of rotatable bonds is 6. The summed E-state index contributed by atoms with van der Waals surface area (Å²) in [7, 11) is 0. The van der Waals surface area contributed by atoms with E-state index in [0.717, 1.165) is 22.7 Å². The number of hydrogen-bond acceptors (Lipinski definition) is 5. The van der Waals surface area contributed by atoms with Crippen molar-refractivity contribution in [2.24, 2.45) is 0 Å². The van der Waals surface area contributed by atoms with Gasteiger partial charge in [0, 0.05) is 18.4 Å². The smallest absolute Gasteiger partial charge is 0.348 e. The molecule has 1 unspecified atom stereocenters. The summed E-state index contributed by atoms with van der Waals surface area (Å²) in [5.74, 6) is 0. The fourth-order valence-electron chi connectivity index (χ4n) is 2.35. The SMILES string of the molecule is CCOC(C)c1cc2c(=O)n(NSC)c(=O)[nH]c2cc1C(F)F. The van der Waals surface area contributed by atoms with Crippen molar-refractivity contribution in [1.29, 1.82) is 0 Å². The molecule has 2 rings (SSSR count). The van der Waals surface area contributed by atoms with Gasteiger partial charge >= 0.3 is 5.69 Å². The second-order valence-electron chi connectivity index (χ2n) is 4.79. The second-order valence-corrected chi connectivity index (χ2v) is 5.38. The largest absolute Gasteiger partial charge is 0.374 e. The van der Waals surface area contributed by atoms with Crippen molar-refractivity contribution in [2.75, 3.05) is 17.7 Å². The number of aromatic nitrogens is 2. The molecule has 126 valence electrons. The monoisotopic (exact) mass is 345 g/mol. The quantitative estimate of drug-likeness (QED) is 0.787. The molecule has 23 heavy (non-hydrogen) atoms. The Labute approximate surface area is 134 Å². The Kier molecular flexibility index (Phi) is 5.42. The van der Waals surface area contributed by atoms with Gasteiger partial charge in [0.25, 0.3) is 12.0 Å². The van der Waals surface area contributed by atoms with E-state index in [2.05, 4.69) is 9.82 Å². The van der Waals surface area contributed by atoms with Crippen LogP contribution in [0.2, 0.25) is 0 Å². The molecule has 0 amide bonds. The van der Waals surface area contributed by atoms with Gasteiger partial charge in [-0.1, -0.05) is 0 Å². The van der Waals surface area contributed by atoms with E-state index in [9.17, 15) is 18.4 Å². The van der Waals surface area contributed by atoms with Gasteiger partial charge in [0.1, 0.15) is 0 Å². The van der Waals surface area contributed by atoms with E-state index < -0.39 is 23.8 Å². The number of aromatic amines is 1. The maximum atomic E-state index is 13.3. The fourth-order valence-corrected chi connectivity index (χ4v) is 2.70. The lowest BCUT2D eigenvalue weighted by Crippen LogP contribution is -2.39. The second kappa shape index (κ2) is 7.14. The van der Waals surface area contributed by atoms with Crippen LogP contribution in [0, 0.1) is 0 Å². The lowest BCUT2D eigenvalue weighted by molar-refractivity contribution is 0.0711. The number of H-pyrrole nitrogens is 1. The first-order chi connectivity index (χ1) is 10.9. The normalized spacial score (nSPS) is 12.8. The number of hydrogen-bond donors (Lipinski definition) is 2. The molecule has 1 heterocycles. The summed E-state index contributed by atoms with van der Waals surface area (Å²) in [5.41, 5.74) is -1.29. The molecule has 0 saturated heterocycles. The summed E-state index contributed by atoms with van der Waals surface area (Å²) in [6, 6.07) is 2.49. The first-order valence-electron chi connectivity index (χ1n) is 6.92. The first kappa shape index (κ1) is 17.5. The lowest BCUT2D eigenvalue weighted by Gasteiger charge is -2.17. The van der Waals surface area contributed by atoms with Crippen molar-refractivity contribution in [2.45, 2.75) is 26.4 Å². The van der Waals surface area contributed by atoms with Crippen LogP contribution >= 0.6 is 11.9 Å². The number of fused-ring (bicyclic) bond motifs is 1. The van der Waals surface area contributed by atoms with Gasteiger partial charge in [0.05, 0.1) is 17.0 Å². The van der Waals surface area contributed by atoms with Crippen molar-refractivity contribution in [3.05, 3.63) is 44.1 Å². The van der Waals surface area contributed by atoms with E-state index in [0.29, 0.717) is 6.61 Å². The number of nitrogens with zero attached hydrogens (tertiary/aromatic N) is 1. The molecular weight excluding hydrogens is 328 g/mol. The van der Waals surface area contributed by atoms with Crippen molar-refractivity contribution >= 4 is 22.9 Å². The molecule has 0 radical (unpaired) electrons. The van der Waals surface area contributed by atoms with Crippen molar-refractivity contribution in [3.63, 3.8) is 0 Å². The van der Waals surface area contributed by atoms with Gasteiger partial charge < -0.3 is 9.72 Å². The number of halogens is 2. The molecule has 0 fully saturated rings. The molecule has 0 aliphatic heterocycles. The molecule has 9 heteroatoms. The highest BCUT2D eigenvalue weighted by molar-refractivity contribution is 7.99. The highest BCUT2D eigenvalue weighted by Gasteiger charge is 2.21. The molecule has 0 aliphatic carbocycles. The molecular formula is C14H17F2N3O3S. The average Bonchev–Trinajstić information content (AvgIpc) is 2.50. The standard InChI is InChI=1S/C14H17F2N3O3S/c1-4-22-7(2)8-5-10-11(6-9(8)12(15)16)17-14(21)19(13(10)20)18-23-3/h5-7,12,18H,4H2,1-3H3,(H,17,21). The fraction of sp³-hybridized carbons (Fsp3) is 0.429. The first-order valence-corrected chi connectivity index (χ1v) is 8.14. The van der Waals surface area contributed by atoms with Gasteiger partial charge in [-0.15, -0.1) is 0 Å². The Balaban J connectivity index is 2.78. The van der Waals surface area contributed by atoms with Gasteiger partial charge in [-0.2, -0.15) is 4.68 Å². The van der Waals surface area contributed by atoms with E-state index in [1.807, 2.05) is 0 Å². The van der Waals surface area contributed by atoms with Crippen LogP contribution in [0.3, 0.4) is 0 Å². The van der Waals surface area contributed by atoms with Gasteiger partial charge in [-0.3, -0.25) is 9.63 Å². The topological polar surface area (TPSA) is 76.1 Å². The summed E-state index contributed by atoms with van der Waals surface area (Å²) in [5, 5.41) is 0.136. The van der Waals surface area contributed by atoms with Crippen LogP contribution in [0.5, 0.6) is 0 Å². The van der Waals surface area contributed by atoms with Crippen molar-refractivity contribution in [3.8, 4) is 0 Å². The minimum atomic E-state index is -2.74. The maximum Gasteiger partial charge on any atom is 0.348 e. The maximum absolute atomic E-state index is 13.3. The van der Waals surface area contributed by atoms with E-state index in [1.165, 1.54) is 6.07 Å². The summed E-state index contributed by atoms with van der Waals surface area (Å²) in [6.45, 7) is 3.75. The van der Waals surface area contributed by atoms with Gasteiger partial charge in [0.15, 0.2) is 0 Å². The van der Waals surface area contributed by atoms with Gasteiger partial charge in [-0.05, 0) is 43.5 Å². The lowest BCUT2D eigenvalue weighted by atomic mass is 10.0. The van der Waals surface area contributed by atoms with E-state index >= 15 is 0 Å². The van der Waals surface area contributed by atoms with Crippen molar-refractivity contribution in [1.82, 2.24) is 9.66 Å². The third-order valence-electron chi connectivity index (χ3n) is 3.37. The Morgan fingerprint density at radius 3 is 2.61 bits per heavy atom. The summed E-state index contributed by atoms with van der Waals surface area (Å²) in [6.07, 6.45) is -1.69. The predicted octanol–water partition coefficient (Wildman–Crippen LogP) is 2.55. The molecule has 1 aromatic carbocycles. The Morgan fingerprint density at radius 2 is 2.04 bits per heavy atom. The van der Waals surface area contributed by atoms with Crippen LogP contribution in [0.4, 0.5) is 8.78 Å². The van der Waals surface area contributed by atoms with E-state index in [-0.39, 0.29) is 22.0 Å². The van der Waals surface area contributed by atoms with Crippen LogP contribution in [0.15, 0.2) is 21.7 Å². The molecule has 0 aliphatic rings. The molecule has 2 N–H and O–H groups in total. The number of alkyl halides is 2. The van der Waals surface area contributed by atoms with Gasteiger partial charge in [-0.25, -0.2) is 13.6 Å². The highest BCUT2D eigenvalue weighted by atomic mass is 32.2. The zero-order valence-electron chi connectivity index (χ0n) is 12.9. The molecule has 0 bridgehead atoms. The zero-order valence-corrected chi connectivity index (χ0v) is 13.7. The molecule has 1 atom stereocenters. The third-order valence-corrected chi connectivity index (χ3v) is 3.74. The van der Waals surface area contributed by atoms with Crippen LogP contribution in [0.25, 0.3) is 10.9 Å². The van der Waals surface area contributed by atoms with Crippen LogP contribution in [0.1, 0.15) is 37.5 Å². The number of benzene rings is 1. The molecule has 2 aromatic rings. The molecule has 6 nitrogen and oxygen atoms in total. The minimum Gasteiger partial charge on any atom is -0.374 e. The molecule has 1 aromatic heterocycles. The number of ether oxygens (including phenoxy) is 1. The zero-order chi connectivity index (χ0) is 17.1. The Hall–Kier alpha value is -1.87. The van der Waals surface area contributed by atoms with Crippen LogP contribution in [-0.4, -0.2) is 22.5 Å². The number of nitrogens with one attached hydrogen (secondary N) is 2.